The highest BCUT2D eigenvalue weighted by atomic mass is 16.6. The van der Waals surface area contributed by atoms with Crippen molar-refractivity contribution in [2.45, 2.75) is 71.7 Å². The molecule has 2 N–H and O–H groups in total. The van der Waals surface area contributed by atoms with E-state index < -0.39 is 23.8 Å². The second-order valence-electron chi connectivity index (χ2n) is 10.4. The highest BCUT2D eigenvalue weighted by molar-refractivity contribution is 5.99. The molecule has 0 aromatic heterocycles. The Labute approximate surface area is 213 Å². The number of alkyl carbamates (subject to hydrolysis) is 1. The second kappa shape index (κ2) is 10.9. The number of aryl methyl sites for hydroxylation is 1. The number of hydrogen-bond donors (Lipinski definition) is 2. The number of rotatable bonds is 7. The second-order valence-corrected chi connectivity index (χ2v) is 10.4. The van der Waals surface area contributed by atoms with Crippen molar-refractivity contribution in [3.63, 3.8) is 0 Å². The number of terminal acetylenes is 1. The first kappa shape index (κ1) is 26.8. The van der Waals surface area contributed by atoms with E-state index in [1.165, 1.54) is 0 Å². The Bertz CT molecular complexity index is 1160. The average Bonchev–Trinajstić information content (AvgIpc) is 3.52. The molecule has 7 nitrogen and oxygen atoms in total. The van der Waals surface area contributed by atoms with Crippen molar-refractivity contribution in [2.75, 3.05) is 5.32 Å². The predicted octanol–water partition coefficient (Wildman–Crippen LogP) is 4.81. The number of nitrogens with zero attached hydrogens (tertiary/aromatic N) is 1. The lowest BCUT2D eigenvalue weighted by Gasteiger charge is -2.34. The fourth-order valence-electron chi connectivity index (χ4n) is 4.06. The van der Waals surface area contributed by atoms with Crippen molar-refractivity contribution >= 4 is 23.6 Å². The van der Waals surface area contributed by atoms with Crippen molar-refractivity contribution in [1.82, 2.24) is 10.2 Å². The summed E-state index contributed by atoms with van der Waals surface area (Å²) < 4.78 is 5.33. The van der Waals surface area contributed by atoms with Gasteiger partial charge in [-0.3, -0.25) is 9.59 Å². The van der Waals surface area contributed by atoms with Crippen molar-refractivity contribution < 1.29 is 19.1 Å². The summed E-state index contributed by atoms with van der Waals surface area (Å²) >= 11 is 0. The van der Waals surface area contributed by atoms with Gasteiger partial charge < -0.3 is 20.3 Å². The van der Waals surface area contributed by atoms with E-state index in [1.807, 2.05) is 38.1 Å². The van der Waals surface area contributed by atoms with Gasteiger partial charge in [0.25, 0.3) is 5.91 Å². The van der Waals surface area contributed by atoms with Crippen LogP contribution in [0.25, 0.3) is 0 Å². The zero-order valence-electron chi connectivity index (χ0n) is 21.8. The summed E-state index contributed by atoms with van der Waals surface area (Å²) in [5.74, 6) is 2.10. The fourth-order valence-corrected chi connectivity index (χ4v) is 4.06. The standard InChI is InChI=1S/C29H35N3O4/c1-8-21-13-15-22(16-14-21)25(26(33)31-23-12-10-9-11-18(23)2)32(24-17-19(24)3)27(34)20(4)30-28(35)36-29(5,6)7/h1,9-16,19-20,24-25H,17H2,2-7H3,(H,30,35)(H,31,33). The third-order valence-corrected chi connectivity index (χ3v) is 6.10. The lowest BCUT2D eigenvalue weighted by molar-refractivity contribution is -0.141. The van der Waals surface area contributed by atoms with Gasteiger partial charge in [-0.2, -0.15) is 0 Å². The molecule has 2 aromatic carbocycles. The first-order chi connectivity index (χ1) is 16.9. The number of ether oxygens (including phenoxy) is 1. The van der Waals surface area contributed by atoms with Crippen LogP contribution < -0.4 is 10.6 Å². The van der Waals surface area contributed by atoms with Crippen LogP contribution in [-0.4, -0.2) is 40.5 Å². The van der Waals surface area contributed by atoms with Gasteiger partial charge in [0, 0.05) is 17.3 Å². The van der Waals surface area contributed by atoms with Crippen LogP contribution in [0.2, 0.25) is 0 Å². The maximum atomic E-state index is 13.8. The Kier molecular flexibility index (Phi) is 8.09. The number of anilines is 1. The van der Waals surface area contributed by atoms with E-state index in [-0.39, 0.29) is 23.8 Å². The van der Waals surface area contributed by atoms with E-state index in [0.717, 1.165) is 12.0 Å². The minimum atomic E-state index is -0.915. The molecule has 3 amide bonds. The van der Waals surface area contributed by atoms with E-state index in [0.29, 0.717) is 16.8 Å². The van der Waals surface area contributed by atoms with Gasteiger partial charge in [-0.25, -0.2) is 4.79 Å². The van der Waals surface area contributed by atoms with Crippen molar-refractivity contribution in [1.29, 1.82) is 0 Å². The maximum absolute atomic E-state index is 13.8. The molecule has 1 aliphatic rings. The molecule has 0 radical (unpaired) electrons. The van der Waals surface area contributed by atoms with Crippen LogP contribution in [0.15, 0.2) is 48.5 Å². The summed E-state index contributed by atoms with van der Waals surface area (Å²) in [4.78, 5) is 41.5. The molecule has 0 saturated heterocycles. The molecule has 1 fully saturated rings. The molecule has 1 aliphatic carbocycles. The van der Waals surface area contributed by atoms with Gasteiger partial charge in [-0.15, -0.1) is 6.42 Å². The zero-order valence-corrected chi connectivity index (χ0v) is 21.8. The van der Waals surface area contributed by atoms with Gasteiger partial charge in [0.1, 0.15) is 17.7 Å². The molecule has 2 aromatic rings. The smallest absolute Gasteiger partial charge is 0.408 e. The van der Waals surface area contributed by atoms with Gasteiger partial charge in [0.05, 0.1) is 0 Å². The van der Waals surface area contributed by atoms with Crippen LogP contribution in [0.5, 0.6) is 0 Å². The molecule has 0 spiro atoms. The van der Waals surface area contributed by atoms with Crippen LogP contribution in [-0.2, 0) is 14.3 Å². The number of para-hydroxylation sites is 1. The quantitative estimate of drug-likeness (QED) is 0.547. The molecule has 0 aliphatic heterocycles. The Morgan fingerprint density at radius 3 is 2.25 bits per heavy atom. The maximum Gasteiger partial charge on any atom is 0.408 e. The summed E-state index contributed by atoms with van der Waals surface area (Å²) in [5, 5.41) is 5.62. The summed E-state index contributed by atoms with van der Waals surface area (Å²) in [6, 6.07) is 12.6. The molecule has 36 heavy (non-hydrogen) atoms. The third-order valence-electron chi connectivity index (χ3n) is 6.10. The third kappa shape index (κ3) is 6.66. The van der Waals surface area contributed by atoms with Crippen LogP contribution in [0.4, 0.5) is 10.5 Å². The minimum absolute atomic E-state index is 0.139. The molecule has 0 bridgehead atoms. The predicted molar refractivity (Wildman–Crippen MR) is 140 cm³/mol. The molecular formula is C29H35N3O4. The number of hydrogen-bond acceptors (Lipinski definition) is 4. The van der Waals surface area contributed by atoms with Crippen molar-refractivity contribution in [3.05, 3.63) is 65.2 Å². The van der Waals surface area contributed by atoms with Gasteiger partial charge in [-0.05, 0) is 76.3 Å². The first-order valence-electron chi connectivity index (χ1n) is 12.2. The van der Waals surface area contributed by atoms with E-state index in [1.54, 1.807) is 56.9 Å². The van der Waals surface area contributed by atoms with Gasteiger partial charge in [0.2, 0.25) is 5.91 Å². The Morgan fingerprint density at radius 1 is 1.11 bits per heavy atom. The SMILES string of the molecule is C#Cc1ccc(C(C(=O)Nc2ccccc2C)N(C(=O)C(C)NC(=O)OC(C)(C)C)C2CC2C)cc1. The average molecular weight is 490 g/mol. The highest BCUT2D eigenvalue weighted by Crippen LogP contribution is 2.41. The molecule has 4 unspecified atom stereocenters. The molecule has 190 valence electrons. The molecule has 7 heteroatoms. The minimum Gasteiger partial charge on any atom is -0.444 e. The number of benzene rings is 2. The van der Waals surface area contributed by atoms with Crippen LogP contribution in [0.1, 0.15) is 63.8 Å². The number of carbonyl (C=O) groups is 3. The highest BCUT2D eigenvalue weighted by Gasteiger charge is 2.47. The normalized spacial score (nSPS) is 18.2. The van der Waals surface area contributed by atoms with Crippen LogP contribution in [0.3, 0.4) is 0 Å². The van der Waals surface area contributed by atoms with Gasteiger partial charge in [0.15, 0.2) is 0 Å². The Balaban J connectivity index is 1.96. The van der Waals surface area contributed by atoms with E-state index in [4.69, 9.17) is 11.2 Å². The summed E-state index contributed by atoms with van der Waals surface area (Å²) in [7, 11) is 0. The monoisotopic (exact) mass is 489 g/mol. The Hall–Kier alpha value is -3.79. The lowest BCUT2D eigenvalue weighted by atomic mass is 10.0. The van der Waals surface area contributed by atoms with E-state index in [2.05, 4.69) is 16.6 Å². The number of nitrogens with one attached hydrogen (secondary N) is 2. The lowest BCUT2D eigenvalue weighted by Crippen LogP contribution is -2.52. The largest absolute Gasteiger partial charge is 0.444 e. The first-order valence-corrected chi connectivity index (χ1v) is 12.2. The van der Waals surface area contributed by atoms with Crippen LogP contribution in [0, 0.1) is 25.2 Å². The van der Waals surface area contributed by atoms with Gasteiger partial charge in [-0.1, -0.05) is 43.2 Å². The molecular weight excluding hydrogens is 454 g/mol. The van der Waals surface area contributed by atoms with Crippen molar-refractivity contribution in [3.8, 4) is 12.3 Å². The van der Waals surface area contributed by atoms with Crippen LogP contribution >= 0.6 is 0 Å². The van der Waals surface area contributed by atoms with Crippen molar-refractivity contribution in [2.24, 2.45) is 5.92 Å². The summed E-state index contributed by atoms with van der Waals surface area (Å²) in [6.07, 6.45) is 5.60. The van der Waals surface area contributed by atoms with E-state index in [9.17, 15) is 14.4 Å². The number of carbonyl (C=O) groups excluding carboxylic acids is 3. The molecule has 3 rings (SSSR count). The zero-order chi connectivity index (χ0) is 26.6. The molecule has 4 atom stereocenters. The Morgan fingerprint density at radius 2 is 1.72 bits per heavy atom. The molecule has 1 saturated carbocycles. The van der Waals surface area contributed by atoms with Gasteiger partial charge >= 0.3 is 6.09 Å². The van der Waals surface area contributed by atoms with E-state index >= 15 is 0 Å². The fraction of sp³-hybridized carbons (Fsp3) is 0.414. The summed E-state index contributed by atoms with van der Waals surface area (Å²) in [5.41, 5.74) is 2.19. The topological polar surface area (TPSA) is 87.7 Å². The molecule has 0 heterocycles. The number of amides is 3. The summed E-state index contributed by atoms with van der Waals surface area (Å²) in [6.45, 7) is 10.8.